The van der Waals surface area contributed by atoms with Crippen molar-refractivity contribution >= 4 is 21.4 Å². The summed E-state index contributed by atoms with van der Waals surface area (Å²) in [5.74, 6) is 0. The van der Waals surface area contributed by atoms with Crippen LogP contribution in [0.5, 0.6) is 0 Å². The lowest BCUT2D eigenvalue weighted by Gasteiger charge is -2.11. The van der Waals surface area contributed by atoms with Crippen molar-refractivity contribution < 1.29 is 13.3 Å². The molecule has 0 radical (unpaired) electrons. The molecule has 0 unspecified atom stereocenters. The van der Waals surface area contributed by atoms with Gasteiger partial charge in [-0.15, -0.1) is 0 Å². The standard InChI is InChI=1S/C15H16N2O4S/c1-3-12-6-9-14(17(18)19)10-15(12)22(20,21)16-13-7-4-11(2)5-8-13/h4-10,16H,3H2,1-2H3. The number of non-ortho nitro benzene ring substituents is 1. The first-order valence-corrected chi connectivity index (χ1v) is 8.18. The molecule has 0 amide bonds. The van der Waals surface area contributed by atoms with Crippen molar-refractivity contribution in [2.45, 2.75) is 25.2 Å². The van der Waals surface area contributed by atoms with Gasteiger partial charge in [-0.3, -0.25) is 14.8 Å². The molecule has 0 spiro atoms. The molecular weight excluding hydrogens is 304 g/mol. The lowest BCUT2D eigenvalue weighted by molar-refractivity contribution is -0.385. The van der Waals surface area contributed by atoms with Gasteiger partial charge in [0.25, 0.3) is 15.7 Å². The Hall–Kier alpha value is -2.41. The van der Waals surface area contributed by atoms with Crippen molar-refractivity contribution in [2.75, 3.05) is 4.72 Å². The van der Waals surface area contributed by atoms with Gasteiger partial charge in [0, 0.05) is 17.8 Å². The van der Waals surface area contributed by atoms with Crippen LogP contribution in [-0.2, 0) is 16.4 Å². The summed E-state index contributed by atoms with van der Waals surface area (Å²) < 4.78 is 27.5. The quantitative estimate of drug-likeness (QED) is 0.676. The van der Waals surface area contributed by atoms with Crippen LogP contribution in [-0.4, -0.2) is 13.3 Å². The summed E-state index contributed by atoms with van der Waals surface area (Å²) in [7, 11) is -3.88. The molecule has 2 aromatic carbocycles. The highest BCUT2D eigenvalue weighted by Crippen LogP contribution is 2.25. The average Bonchev–Trinajstić information content (AvgIpc) is 2.48. The van der Waals surface area contributed by atoms with E-state index in [2.05, 4.69) is 4.72 Å². The largest absolute Gasteiger partial charge is 0.280 e. The number of hydrogen-bond donors (Lipinski definition) is 1. The highest BCUT2D eigenvalue weighted by atomic mass is 32.2. The second-order valence-corrected chi connectivity index (χ2v) is 6.53. The molecule has 7 heteroatoms. The van der Waals surface area contributed by atoms with Crippen LogP contribution in [0, 0.1) is 17.0 Å². The minimum Gasteiger partial charge on any atom is -0.280 e. The van der Waals surface area contributed by atoms with E-state index in [1.54, 1.807) is 31.2 Å². The molecule has 0 atom stereocenters. The zero-order valence-electron chi connectivity index (χ0n) is 12.2. The fourth-order valence-corrected chi connectivity index (χ4v) is 3.42. The summed E-state index contributed by atoms with van der Waals surface area (Å²) in [6, 6.07) is 10.7. The van der Waals surface area contributed by atoms with Gasteiger partial charge in [0.2, 0.25) is 0 Å². The van der Waals surface area contributed by atoms with Crippen molar-refractivity contribution in [3.63, 3.8) is 0 Å². The first-order valence-electron chi connectivity index (χ1n) is 6.70. The first kappa shape index (κ1) is 16.0. The maximum atomic E-state index is 12.5. The minimum absolute atomic E-state index is 0.0650. The second-order valence-electron chi connectivity index (χ2n) is 4.87. The number of rotatable bonds is 5. The number of benzene rings is 2. The Bertz CT molecular complexity index is 799. The molecule has 116 valence electrons. The molecule has 0 aliphatic heterocycles. The molecular formula is C15H16N2O4S. The fraction of sp³-hybridized carbons (Fsp3) is 0.200. The van der Waals surface area contributed by atoms with Crippen molar-refractivity contribution in [2.24, 2.45) is 0 Å². The molecule has 0 saturated carbocycles. The van der Waals surface area contributed by atoms with E-state index in [9.17, 15) is 18.5 Å². The molecule has 1 N–H and O–H groups in total. The Morgan fingerprint density at radius 2 is 1.77 bits per heavy atom. The number of hydrogen-bond acceptors (Lipinski definition) is 4. The van der Waals surface area contributed by atoms with Crippen molar-refractivity contribution in [1.29, 1.82) is 0 Å². The molecule has 0 heterocycles. The van der Waals surface area contributed by atoms with E-state index in [0.717, 1.165) is 11.6 Å². The molecule has 0 bridgehead atoms. The average molecular weight is 320 g/mol. The van der Waals surface area contributed by atoms with E-state index in [0.29, 0.717) is 17.7 Å². The Kier molecular flexibility index (Phi) is 4.46. The lowest BCUT2D eigenvalue weighted by atomic mass is 10.1. The maximum absolute atomic E-state index is 12.5. The predicted octanol–water partition coefficient (Wildman–Crippen LogP) is 3.27. The molecule has 2 rings (SSSR count). The lowest BCUT2D eigenvalue weighted by Crippen LogP contribution is -2.15. The number of aryl methyl sites for hydroxylation is 2. The summed E-state index contributed by atoms with van der Waals surface area (Å²) >= 11 is 0. The molecule has 0 aromatic heterocycles. The Morgan fingerprint density at radius 3 is 2.32 bits per heavy atom. The first-order chi connectivity index (χ1) is 10.3. The minimum atomic E-state index is -3.88. The van der Waals surface area contributed by atoms with E-state index in [4.69, 9.17) is 0 Å². The summed E-state index contributed by atoms with van der Waals surface area (Å²) in [6.45, 7) is 3.69. The normalized spacial score (nSPS) is 11.2. The Morgan fingerprint density at radius 1 is 1.14 bits per heavy atom. The van der Waals surface area contributed by atoms with Gasteiger partial charge in [-0.2, -0.15) is 0 Å². The number of anilines is 1. The van der Waals surface area contributed by atoms with Crippen LogP contribution in [0.1, 0.15) is 18.1 Å². The monoisotopic (exact) mass is 320 g/mol. The van der Waals surface area contributed by atoms with Crippen LogP contribution in [0.4, 0.5) is 11.4 Å². The highest BCUT2D eigenvalue weighted by molar-refractivity contribution is 7.92. The zero-order valence-corrected chi connectivity index (χ0v) is 13.1. The van der Waals surface area contributed by atoms with Gasteiger partial charge in [-0.25, -0.2) is 8.42 Å². The van der Waals surface area contributed by atoms with E-state index in [1.165, 1.54) is 12.1 Å². The van der Waals surface area contributed by atoms with Gasteiger partial charge in [-0.05, 0) is 31.0 Å². The fourth-order valence-electron chi connectivity index (χ4n) is 2.03. The van der Waals surface area contributed by atoms with Crippen LogP contribution < -0.4 is 4.72 Å². The van der Waals surface area contributed by atoms with E-state index in [-0.39, 0.29) is 10.6 Å². The number of nitrogens with one attached hydrogen (secondary N) is 1. The van der Waals surface area contributed by atoms with Crippen LogP contribution in [0.2, 0.25) is 0 Å². The number of nitro groups is 1. The smallest absolute Gasteiger partial charge is 0.270 e. The Labute approximate surface area is 129 Å². The summed E-state index contributed by atoms with van der Waals surface area (Å²) in [5, 5.41) is 10.9. The van der Waals surface area contributed by atoms with E-state index < -0.39 is 14.9 Å². The third-order valence-electron chi connectivity index (χ3n) is 3.24. The van der Waals surface area contributed by atoms with E-state index >= 15 is 0 Å². The SMILES string of the molecule is CCc1ccc([N+](=O)[O-])cc1S(=O)(=O)Nc1ccc(C)cc1. The molecule has 0 fully saturated rings. The highest BCUT2D eigenvalue weighted by Gasteiger charge is 2.21. The Balaban J connectivity index is 2.45. The third-order valence-corrected chi connectivity index (χ3v) is 4.70. The molecule has 0 aliphatic rings. The molecule has 2 aromatic rings. The van der Waals surface area contributed by atoms with Crippen LogP contribution in [0.15, 0.2) is 47.4 Å². The second kappa shape index (κ2) is 6.15. The summed E-state index contributed by atoms with van der Waals surface area (Å²) in [4.78, 5) is 10.2. The predicted molar refractivity (Wildman–Crippen MR) is 84.5 cm³/mol. The van der Waals surface area contributed by atoms with Crippen molar-refractivity contribution in [3.05, 3.63) is 63.7 Å². The number of sulfonamides is 1. The van der Waals surface area contributed by atoms with Crippen molar-refractivity contribution in [1.82, 2.24) is 0 Å². The molecule has 22 heavy (non-hydrogen) atoms. The maximum Gasteiger partial charge on any atom is 0.270 e. The number of nitro benzene ring substituents is 1. The summed E-state index contributed by atoms with van der Waals surface area (Å²) in [6.07, 6.45) is 0.460. The van der Waals surface area contributed by atoms with E-state index in [1.807, 2.05) is 6.92 Å². The van der Waals surface area contributed by atoms with Gasteiger partial charge in [0.15, 0.2) is 0 Å². The molecule has 0 saturated heterocycles. The van der Waals surface area contributed by atoms with Gasteiger partial charge < -0.3 is 0 Å². The zero-order chi connectivity index (χ0) is 16.3. The number of nitrogens with zero attached hydrogens (tertiary/aromatic N) is 1. The molecule has 0 aliphatic carbocycles. The van der Waals surface area contributed by atoms with Gasteiger partial charge >= 0.3 is 0 Å². The van der Waals surface area contributed by atoms with Crippen LogP contribution in [0.3, 0.4) is 0 Å². The summed E-state index contributed by atoms with van der Waals surface area (Å²) in [5.41, 5.74) is 1.71. The van der Waals surface area contributed by atoms with Crippen molar-refractivity contribution in [3.8, 4) is 0 Å². The third kappa shape index (κ3) is 3.43. The van der Waals surface area contributed by atoms with Gasteiger partial charge in [0.05, 0.1) is 9.82 Å². The van der Waals surface area contributed by atoms with Gasteiger partial charge in [-0.1, -0.05) is 30.7 Å². The van der Waals surface area contributed by atoms with Gasteiger partial charge in [0.1, 0.15) is 0 Å². The van der Waals surface area contributed by atoms with Crippen LogP contribution in [0.25, 0.3) is 0 Å². The topological polar surface area (TPSA) is 89.3 Å². The van der Waals surface area contributed by atoms with Crippen LogP contribution >= 0.6 is 0 Å². The molecule has 6 nitrogen and oxygen atoms in total.